The number of nitrogens with one attached hydrogen (secondary N) is 1. The van der Waals surface area contributed by atoms with Crippen molar-refractivity contribution in [1.82, 2.24) is 19.9 Å². The predicted molar refractivity (Wildman–Crippen MR) is 118 cm³/mol. The molecule has 0 aliphatic heterocycles. The van der Waals surface area contributed by atoms with Gasteiger partial charge in [0.05, 0.1) is 25.7 Å². The number of halogens is 4. The monoisotopic (exact) mass is 507 g/mol. The lowest BCUT2D eigenvalue weighted by Crippen LogP contribution is -2.08. The third kappa shape index (κ3) is 4.16. The van der Waals surface area contributed by atoms with E-state index in [1.165, 1.54) is 18.5 Å². The van der Waals surface area contributed by atoms with Gasteiger partial charge in [-0.15, -0.1) is 0 Å². The number of anilines is 2. The quantitative estimate of drug-likeness (QED) is 0.310. The Labute approximate surface area is 189 Å². The molecule has 2 aromatic heterocycles. The molecule has 0 fully saturated rings. The van der Waals surface area contributed by atoms with Gasteiger partial charge in [-0.25, -0.2) is 24.3 Å². The first-order valence-corrected chi connectivity index (χ1v) is 10.3. The topological polar surface area (TPSA) is 72.8 Å². The molecule has 0 saturated heterocycles. The van der Waals surface area contributed by atoms with Crippen molar-refractivity contribution in [2.45, 2.75) is 13.0 Å². The molecule has 2 heterocycles. The average Bonchev–Trinajstić information content (AvgIpc) is 2.75. The van der Waals surface area contributed by atoms with Crippen LogP contribution >= 0.6 is 39.1 Å². The molecule has 0 amide bonds. The Balaban J connectivity index is 1.72. The van der Waals surface area contributed by atoms with Gasteiger partial charge in [-0.1, -0.05) is 23.2 Å². The van der Waals surface area contributed by atoms with Crippen LogP contribution in [0, 0.1) is 5.82 Å². The highest BCUT2D eigenvalue weighted by Crippen LogP contribution is 2.36. The van der Waals surface area contributed by atoms with Crippen molar-refractivity contribution in [2.24, 2.45) is 0 Å². The van der Waals surface area contributed by atoms with E-state index in [9.17, 15) is 4.39 Å². The van der Waals surface area contributed by atoms with Crippen LogP contribution in [-0.2, 0) is 0 Å². The molecule has 30 heavy (non-hydrogen) atoms. The molecular weight excluding hydrogens is 496 g/mol. The van der Waals surface area contributed by atoms with Crippen LogP contribution in [0.5, 0.6) is 5.75 Å². The van der Waals surface area contributed by atoms with Gasteiger partial charge in [-0.3, -0.25) is 0 Å². The number of hydrogen-bond donors (Lipinski definition) is 1. The Morgan fingerprint density at radius 3 is 2.63 bits per heavy atom. The van der Waals surface area contributed by atoms with Gasteiger partial charge in [-0.05, 0) is 53.2 Å². The summed E-state index contributed by atoms with van der Waals surface area (Å²) >= 11 is 15.3. The Hall–Kier alpha value is -2.55. The molecule has 2 aromatic carbocycles. The normalized spacial score (nSPS) is 12.0. The lowest BCUT2D eigenvalue weighted by molar-refractivity contribution is 0.215. The molecule has 0 unspecified atom stereocenters. The second-order valence-corrected chi connectivity index (χ2v) is 7.88. The van der Waals surface area contributed by atoms with Crippen LogP contribution in [0.4, 0.5) is 15.9 Å². The Kier molecular flexibility index (Phi) is 5.99. The lowest BCUT2D eigenvalue weighted by atomic mass is 10.2. The molecule has 0 bridgehead atoms. The van der Waals surface area contributed by atoms with E-state index in [1.54, 1.807) is 30.6 Å². The van der Waals surface area contributed by atoms with Crippen molar-refractivity contribution in [2.75, 3.05) is 5.32 Å². The van der Waals surface area contributed by atoms with Gasteiger partial charge in [0.15, 0.2) is 17.7 Å². The van der Waals surface area contributed by atoms with E-state index in [4.69, 9.17) is 27.9 Å². The third-order valence-electron chi connectivity index (χ3n) is 4.23. The van der Waals surface area contributed by atoms with E-state index >= 15 is 0 Å². The molecular formula is C20H13BrCl2FN5O. The molecule has 0 spiro atoms. The van der Waals surface area contributed by atoms with Crippen LogP contribution in [0.1, 0.15) is 18.9 Å². The van der Waals surface area contributed by atoms with Gasteiger partial charge >= 0.3 is 0 Å². The van der Waals surface area contributed by atoms with Gasteiger partial charge in [-0.2, -0.15) is 0 Å². The van der Waals surface area contributed by atoms with Crippen LogP contribution in [0.2, 0.25) is 10.0 Å². The SMILES string of the molecule is C[C@H](Oc1cc2c(Nc3ccc(Cl)c(Cl)c3F)ncnc2cc1Br)c1ncccn1. The van der Waals surface area contributed by atoms with Crippen molar-refractivity contribution < 1.29 is 9.13 Å². The molecule has 152 valence electrons. The zero-order chi connectivity index (χ0) is 21.3. The maximum atomic E-state index is 14.5. The molecule has 6 nitrogen and oxygen atoms in total. The maximum Gasteiger partial charge on any atom is 0.168 e. The number of benzene rings is 2. The molecule has 1 N–H and O–H groups in total. The van der Waals surface area contributed by atoms with Crippen molar-refractivity contribution in [3.8, 4) is 5.75 Å². The molecule has 4 aromatic rings. The number of fused-ring (bicyclic) bond motifs is 1. The van der Waals surface area contributed by atoms with Crippen LogP contribution < -0.4 is 10.1 Å². The summed E-state index contributed by atoms with van der Waals surface area (Å²) in [5.74, 6) is 0.803. The highest BCUT2D eigenvalue weighted by Gasteiger charge is 2.16. The van der Waals surface area contributed by atoms with E-state index in [1.807, 2.05) is 6.92 Å². The van der Waals surface area contributed by atoms with Crippen molar-refractivity contribution >= 4 is 61.5 Å². The third-order valence-corrected chi connectivity index (χ3v) is 5.63. The minimum absolute atomic E-state index is 0.129. The zero-order valence-corrected chi connectivity index (χ0v) is 18.5. The van der Waals surface area contributed by atoms with E-state index in [-0.39, 0.29) is 15.7 Å². The highest BCUT2D eigenvalue weighted by atomic mass is 79.9. The summed E-state index contributed by atoms with van der Waals surface area (Å²) in [5, 5.41) is 3.54. The Morgan fingerprint density at radius 1 is 1.10 bits per heavy atom. The average molecular weight is 509 g/mol. The van der Waals surface area contributed by atoms with Crippen LogP contribution in [-0.4, -0.2) is 19.9 Å². The largest absolute Gasteiger partial charge is 0.482 e. The number of ether oxygens (including phenoxy) is 1. The summed E-state index contributed by atoms with van der Waals surface area (Å²) in [4.78, 5) is 16.9. The minimum Gasteiger partial charge on any atom is -0.482 e. The Morgan fingerprint density at radius 2 is 1.87 bits per heavy atom. The van der Waals surface area contributed by atoms with E-state index in [0.717, 1.165) is 0 Å². The standard InChI is InChI=1S/C20H13BrCl2FN5O/c1-10(19-25-5-2-6-26-19)30-16-7-11-15(8-12(16)21)27-9-28-20(11)29-14-4-3-13(22)17(23)18(14)24/h2-10H,1H3,(H,27,28,29)/t10-/m0/s1. The molecule has 0 aliphatic carbocycles. The van der Waals surface area contributed by atoms with Crippen LogP contribution in [0.25, 0.3) is 10.9 Å². The smallest absolute Gasteiger partial charge is 0.168 e. The van der Waals surface area contributed by atoms with Crippen molar-refractivity contribution in [3.63, 3.8) is 0 Å². The minimum atomic E-state index is -0.667. The van der Waals surface area contributed by atoms with E-state index < -0.39 is 11.9 Å². The highest BCUT2D eigenvalue weighted by molar-refractivity contribution is 9.10. The fourth-order valence-electron chi connectivity index (χ4n) is 2.76. The van der Waals surface area contributed by atoms with Crippen LogP contribution in [0.3, 0.4) is 0 Å². The molecule has 4 rings (SSSR count). The van der Waals surface area contributed by atoms with Crippen LogP contribution in [0.15, 0.2) is 53.5 Å². The van der Waals surface area contributed by atoms with Gasteiger partial charge in [0.2, 0.25) is 0 Å². The first-order valence-electron chi connectivity index (χ1n) is 8.72. The maximum absolute atomic E-state index is 14.5. The summed E-state index contributed by atoms with van der Waals surface area (Å²) in [6, 6.07) is 8.28. The zero-order valence-electron chi connectivity index (χ0n) is 15.4. The van der Waals surface area contributed by atoms with Gasteiger partial charge in [0, 0.05) is 17.8 Å². The summed E-state index contributed by atoms with van der Waals surface area (Å²) < 4.78 is 21.2. The molecule has 0 aliphatic rings. The van der Waals surface area contributed by atoms with E-state index in [0.29, 0.717) is 32.8 Å². The number of hydrogen-bond acceptors (Lipinski definition) is 6. The summed E-state index contributed by atoms with van der Waals surface area (Å²) in [5.41, 5.74) is 0.775. The summed E-state index contributed by atoms with van der Waals surface area (Å²) in [7, 11) is 0. The first kappa shape index (κ1) is 20.7. The number of rotatable bonds is 5. The Bertz CT molecular complexity index is 1230. The van der Waals surface area contributed by atoms with Gasteiger partial charge in [0.25, 0.3) is 0 Å². The summed E-state index contributed by atoms with van der Waals surface area (Å²) in [6.45, 7) is 1.84. The van der Waals surface area contributed by atoms with Gasteiger partial charge < -0.3 is 10.1 Å². The second-order valence-electron chi connectivity index (χ2n) is 6.24. The summed E-state index contributed by atoms with van der Waals surface area (Å²) in [6.07, 6.45) is 4.29. The second kappa shape index (κ2) is 8.67. The lowest BCUT2D eigenvalue weighted by Gasteiger charge is -2.16. The number of nitrogens with zero attached hydrogens (tertiary/aromatic N) is 4. The van der Waals surface area contributed by atoms with E-state index in [2.05, 4.69) is 41.2 Å². The fraction of sp³-hybridized carbons (Fsp3) is 0.100. The predicted octanol–water partition coefficient (Wildman–Crippen LogP) is 6.51. The van der Waals surface area contributed by atoms with Crippen molar-refractivity contribution in [1.29, 1.82) is 0 Å². The number of aromatic nitrogens is 4. The molecule has 0 radical (unpaired) electrons. The van der Waals surface area contributed by atoms with Crippen molar-refractivity contribution in [3.05, 3.63) is 75.2 Å². The van der Waals surface area contributed by atoms with Gasteiger partial charge in [0.1, 0.15) is 17.9 Å². The molecule has 1 atom stereocenters. The first-order chi connectivity index (χ1) is 14.4. The molecule has 10 heteroatoms. The molecule has 0 saturated carbocycles. The fourth-order valence-corrected chi connectivity index (χ4v) is 3.50.